The van der Waals surface area contributed by atoms with Crippen molar-refractivity contribution < 1.29 is 13.9 Å². The highest BCUT2D eigenvalue weighted by Gasteiger charge is 2.39. The smallest absolute Gasteiger partial charge is 0.257 e. The second-order valence-corrected chi connectivity index (χ2v) is 7.24. The molecular weight excluding hydrogens is 377 g/mol. The summed E-state index contributed by atoms with van der Waals surface area (Å²) in [5.41, 5.74) is 7.99. The summed E-state index contributed by atoms with van der Waals surface area (Å²) in [4.78, 5) is 21.3. The van der Waals surface area contributed by atoms with Crippen molar-refractivity contribution in [2.75, 3.05) is 11.1 Å². The number of nitrogens with zero attached hydrogens (tertiary/aromatic N) is 4. The molecule has 10 heteroatoms. The van der Waals surface area contributed by atoms with Gasteiger partial charge >= 0.3 is 0 Å². The molecule has 1 aliphatic carbocycles. The highest BCUT2D eigenvalue weighted by atomic mass is 19.1. The number of fused-ring (bicyclic) bond motifs is 1. The summed E-state index contributed by atoms with van der Waals surface area (Å²) in [5, 5.41) is 9.98. The summed E-state index contributed by atoms with van der Waals surface area (Å²) >= 11 is 0. The van der Waals surface area contributed by atoms with Gasteiger partial charge in [-0.15, -0.1) is 0 Å². The number of carbonyl (C=O) groups is 1. The Hall–Kier alpha value is -3.43. The third-order valence-corrected chi connectivity index (χ3v) is 4.57. The molecule has 1 aliphatic rings. The number of aromatic nitrogens is 4. The van der Waals surface area contributed by atoms with Gasteiger partial charge in [-0.25, -0.2) is 14.4 Å². The van der Waals surface area contributed by atoms with E-state index < -0.39 is 18.1 Å². The topological polar surface area (TPSA) is 119 Å². The number of amides is 1. The molecule has 0 saturated heterocycles. The zero-order valence-corrected chi connectivity index (χ0v) is 16.3. The minimum absolute atomic E-state index is 0.0565. The first-order valence-corrected chi connectivity index (χ1v) is 9.32. The summed E-state index contributed by atoms with van der Waals surface area (Å²) in [6.45, 7) is 5.61. The first-order chi connectivity index (χ1) is 13.8. The van der Waals surface area contributed by atoms with Crippen LogP contribution in [0.1, 0.15) is 36.2 Å². The molecule has 2 atom stereocenters. The highest BCUT2D eigenvalue weighted by Crippen LogP contribution is 2.30. The van der Waals surface area contributed by atoms with Gasteiger partial charge in [0.25, 0.3) is 5.91 Å². The number of hydrogen-bond donors (Lipinski definition) is 3. The van der Waals surface area contributed by atoms with E-state index in [2.05, 4.69) is 25.7 Å². The fraction of sp³-hybridized carbons (Fsp3) is 0.368. The lowest BCUT2D eigenvalue weighted by Gasteiger charge is -2.16. The minimum Gasteiger partial charge on any atom is -0.473 e. The maximum Gasteiger partial charge on any atom is 0.257 e. The minimum atomic E-state index is -0.997. The number of ether oxygens (including phenoxy) is 1. The Balaban J connectivity index is 1.71. The van der Waals surface area contributed by atoms with Gasteiger partial charge in [0.2, 0.25) is 5.88 Å². The lowest BCUT2D eigenvalue weighted by molar-refractivity contribution is 0.0949. The van der Waals surface area contributed by atoms with Gasteiger partial charge in [0.1, 0.15) is 29.1 Å². The molecule has 3 heterocycles. The van der Waals surface area contributed by atoms with Crippen LogP contribution in [0.15, 0.2) is 24.5 Å². The Labute approximate surface area is 166 Å². The molecule has 0 aromatic carbocycles. The Morgan fingerprint density at radius 3 is 2.90 bits per heavy atom. The highest BCUT2D eigenvalue weighted by molar-refractivity contribution is 6.00. The molecular formula is C19H22FN7O2. The van der Waals surface area contributed by atoms with Crippen LogP contribution in [0.2, 0.25) is 0 Å². The van der Waals surface area contributed by atoms with E-state index >= 15 is 0 Å². The SMILES string of the molecule is Cc1c(Nc2cccnc2OC(C)C)nc2c(C(=O)N[C@H]3C[C@H]3F)cnn2c1N. The van der Waals surface area contributed by atoms with Gasteiger partial charge in [-0.2, -0.15) is 9.61 Å². The summed E-state index contributed by atoms with van der Waals surface area (Å²) in [7, 11) is 0. The standard InChI is InChI=1S/C19H22FN7O2/c1-9(2)29-19-13(5-4-6-22-19)24-16-10(3)15(21)27-17(26-16)11(8-23-27)18(28)25-14-7-12(14)20/h4-6,8-9,12,14H,7,21H2,1-3H3,(H,24,26)(H,25,28)/t12-,14+/m1/s1. The number of nitrogen functional groups attached to an aromatic ring is 1. The van der Waals surface area contributed by atoms with E-state index in [0.29, 0.717) is 35.2 Å². The molecule has 29 heavy (non-hydrogen) atoms. The maximum absolute atomic E-state index is 13.1. The van der Waals surface area contributed by atoms with Crippen LogP contribution in [0.4, 0.5) is 21.7 Å². The van der Waals surface area contributed by atoms with Gasteiger partial charge in [-0.1, -0.05) is 0 Å². The predicted molar refractivity (Wildman–Crippen MR) is 106 cm³/mol. The number of carbonyl (C=O) groups excluding carboxylic acids is 1. The molecule has 152 valence electrons. The van der Waals surface area contributed by atoms with Gasteiger partial charge in [-0.05, 0) is 32.9 Å². The molecule has 3 aromatic heterocycles. The molecule has 1 amide bonds. The Bertz CT molecular complexity index is 1080. The lowest BCUT2D eigenvalue weighted by Crippen LogP contribution is -2.27. The van der Waals surface area contributed by atoms with E-state index in [1.165, 1.54) is 10.7 Å². The predicted octanol–water partition coefficient (Wildman–Crippen LogP) is 2.39. The fourth-order valence-electron chi connectivity index (χ4n) is 2.87. The third kappa shape index (κ3) is 3.65. The second-order valence-electron chi connectivity index (χ2n) is 7.24. The van der Waals surface area contributed by atoms with Crippen molar-refractivity contribution in [1.29, 1.82) is 0 Å². The van der Waals surface area contributed by atoms with Crippen molar-refractivity contribution in [3.63, 3.8) is 0 Å². The normalized spacial score (nSPS) is 18.1. The van der Waals surface area contributed by atoms with Crippen molar-refractivity contribution in [3.05, 3.63) is 35.7 Å². The molecule has 1 saturated carbocycles. The zero-order valence-electron chi connectivity index (χ0n) is 16.3. The van der Waals surface area contributed by atoms with Crippen LogP contribution < -0.4 is 21.1 Å². The van der Waals surface area contributed by atoms with Crippen molar-refractivity contribution in [2.24, 2.45) is 0 Å². The largest absolute Gasteiger partial charge is 0.473 e. The summed E-state index contributed by atoms with van der Waals surface area (Å²) < 4.78 is 20.3. The first-order valence-electron chi connectivity index (χ1n) is 9.32. The van der Waals surface area contributed by atoms with E-state index in [0.717, 1.165) is 0 Å². The van der Waals surface area contributed by atoms with Crippen LogP contribution in [-0.4, -0.2) is 43.8 Å². The fourth-order valence-corrected chi connectivity index (χ4v) is 2.87. The van der Waals surface area contributed by atoms with Crippen molar-refractivity contribution in [2.45, 2.75) is 45.5 Å². The van der Waals surface area contributed by atoms with Crippen LogP contribution in [0.3, 0.4) is 0 Å². The maximum atomic E-state index is 13.1. The summed E-state index contributed by atoms with van der Waals surface area (Å²) in [6.07, 6.45) is 2.29. The quantitative estimate of drug-likeness (QED) is 0.582. The van der Waals surface area contributed by atoms with Crippen LogP contribution in [0.5, 0.6) is 5.88 Å². The Morgan fingerprint density at radius 2 is 2.21 bits per heavy atom. The number of hydrogen-bond acceptors (Lipinski definition) is 7. The summed E-state index contributed by atoms with van der Waals surface area (Å²) in [6, 6.07) is 3.13. The average Bonchev–Trinajstić information content (AvgIpc) is 3.19. The van der Waals surface area contributed by atoms with Crippen LogP contribution in [0.25, 0.3) is 5.65 Å². The monoisotopic (exact) mass is 399 g/mol. The van der Waals surface area contributed by atoms with Crippen molar-refractivity contribution in [3.8, 4) is 5.88 Å². The number of anilines is 3. The van der Waals surface area contributed by atoms with Crippen molar-refractivity contribution in [1.82, 2.24) is 24.9 Å². The molecule has 1 fully saturated rings. The molecule has 0 bridgehead atoms. The van der Waals surface area contributed by atoms with Crippen molar-refractivity contribution >= 4 is 28.9 Å². The number of nitrogens with one attached hydrogen (secondary N) is 2. The third-order valence-electron chi connectivity index (χ3n) is 4.57. The van der Waals surface area contributed by atoms with Crippen LogP contribution >= 0.6 is 0 Å². The average molecular weight is 399 g/mol. The van der Waals surface area contributed by atoms with Gasteiger partial charge in [0.15, 0.2) is 5.65 Å². The van der Waals surface area contributed by atoms with Gasteiger partial charge < -0.3 is 21.1 Å². The number of halogens is 1. The van der Waals surface area contributed by atoms with E-state index in [-0.39, 0.29) is 17.3 Å². The van der Waals surface area contributed by atoms with E-state index in [1.807, 2.05) is 19.9 Å². The van der Waals surface area contributed by atoms with Gasteiger partial charge in [-0.3, -0.25) is 4.79 Å². The molecule has 0 radical (unpaired) electrons. The van der Waals surface area contributed by atoms with E-state index in [9.17, 15) is 9.18 Å². The molecule has 0 spiro atoms. The lowest BCUT2D eigenvalue weighted by atomic mass is 10.2. The Kier molecular flexibility index (Phi) is 4.69. The van der Waals surface area contributed by atoms with E-state index in [1.54, 1.807) is 19.2 Å². The number of pyridine rings is 1. The molecule has 4 rings (SSSR count). The molecule has 0 unspecified atom stereocenters. The van der Waals surface area contributed by atoms with Gasteiger partial charge in [0.05, 0.1) is 18.3 Å². The number of alkyl halides is 1. The molecule has 3 aromatic rings. The molecule has 0 aliphatic heterocycles. The summed E-state index contributed by atoms with van der Waals surface area (Å²) in [5.74, 6) is 0.774. The Morgan fingerprint density at radius 1 is 1.45 bits per heavy atom. The number of nitrogens with two attached hydrogens (primary N) is 1. The van der Waals surface area contributed by atoms with Crippen LogP contribution in [-0.2, 0) is 0 Å². The van der Waals surface area contributed by atoms with Crippen LogP contribution in [0, 0.1) is 6.92 Å². The zero-order chi connectivity index (χ0) is 20.7. The van der Waals surface area contributed by atoms with E-state index in [4.69, 9.17) is 10.5 Å². The molecule has 4 N–H and O–H groups in total. The second kappa shape index (κ2) is 7.19. The molecule has 9 nitrogen and oxygen atoms in total. The van der Waals surface area contributed by atoms with Gasteiger partial charge in [0, 0.05) is 18.2 Å². The number of rotatable bonds is 6. The first kappa shape index (κ1) is 18.9.